The van der Waals surface area contributed by atoms with Crippen molar-refractivity contribution < 1.29 is 31.5 Å². The molecular formula is C19H13F4NO3. The molecule has 0 bridgehead atoms. The first-order valence-corrected chi connectivity index (χ1v) is 7.77. The number of furan rings is 1. The molecule has 8 heteroatoms. The molecule has 3 rings (SSSR count). The lowest BCUT2D eigenvalue weighted by Crippen LogP contribution is -2.12. The van der Waals surface area contributed by atoms with Crippen LogP contribution >= 0.6 is 0 Å². The number of ether oxygens (including phenoxy) is 1. The first kappa shape index (κ1) is 18.5. The van der Waals surface area contributed by atoms with Crippen molar-refractivity contribution in [1.82, 2.24) is 0 Å². The quantitative estimate of drug-likeness (QED) is 0.615. The molecule has 3 aromatic rings. The lowest BCUT2D eigenvalue weighted by atomic mass is 10.2. The van der Waals surface area contributed by atoms with Gasteiger partial charge < -0.3 is 14.5 Å². The molecule has 1 heterocycles. The zero-order chi connectivity index (χ0) is 19.4. The van der Waals surface area contributed by atoms with E-state index in [9.17, 15) is 22.4 Å². The van der Waals surface area contributed by atoms with Gasteiger partial charge in [0.25, 0.3) is 5.91 Å². The fraction of sp³-hybridized carbons (Fsp3) is 0.105. The van der Waals surface area contributed by atoms with E-state index in [1.54, 1.807) is 0 Å². The normalized spacial score (nSPS) is 11.3. The zero-order valence-corrected chi connectivity index (χ0v) is 13.7. The molecule has 0 unspecified atom stereocenters. The van der Waals surface area contributed by atoms with E-state index in [4.69, 9.17) is 9.15 Å². The number of benzene rings is 2. The van der Waals surface area contributed by atoms with Gasteiger partial charge in [-0.3, -0.25) is 4.79 Å². The number of halogens is 4. The molecule has 0 saturated heterocycles. The first-order chi connectivity index (χ1) is 12.8. The smallest absolute Gasteiger partial charge is 0.416 e. The van der Waals surface area contributed by atoms with Crippen LogP contribution in [0.4, 0.5) is 23.2 Å². The zero-order valence-electron chi connectivity index (χ0n) is 13.7. The summed E-state index contributed by atoms with van der Waals surface area (Å²) in [6.07, 6.45) is -4.50. The summed E-state index contributed by atoms with van der Waals surface area (Å²) >= 11 is 0. The van der Waals surface area contributed by atoms with E-state index in [2.05, 4.69) is 5.32 Å². The van der Waals surface area contributed by atoms with Gasteiger partial charge in [-0.1, -0.05) is 6.07 Å². The van der Waals surface area contributed by atoms with Gasteiger partial charge >= 0.3 is 6.18 Å². The topological polar surface area (TPSA) is 51.5 Å². The molecule has 140 valence electrons. The van der Waals surface area contributed by atoms with Crippen LogP contribution in [-0.4, -0.2) is 5.91 Å². The minimum absolute atomic E-state index is 0.00245. The van der Waals surface area contributed by atoms with Crippen LogP contribution in [-0.2, 0) is 12.8 Å². The molecule has 1 aromatic heterocycles. The van der Waals surface area contributed by atoms with Gasteiger partial charge in [-0.2, -0.15) is 13.2 Å². The summed E-state index contributed by atoms with van der Waals surface area (Å²) < 4.78 is 61.7. The molecule has 1 amide bonds. The Morgan fingerprint density at radius 1 is 1.04 bits per heavy atom. The van der Waals surface area contributed by atoms with Crippen molar-refractivity contribution in [2.24, 2.45) is 0 Å². The van der Waals surface area contributed by atoms with Crippen molar-refractivity contribution in [2.75, 3.05) is 5.32 Å². The minimum Gasteiger partial charge on any atom is -0.486 e. The Bertz CT molecular complexity index is 933. The van der Waals surface area contributed by atoms with Crippen molar-refractivity contribution in [3.05, 3.63) is 83.6 Å². The van der Waals surface area contributed by atoms with Crippen LogP contribution in [0.25, 0.3) is 0 Å². The number of hydrogen-bond acceptors (Lipinski definition) is 3. The summed E-state index contributed by atoms with van der Waals surface area (Å²) in [7, 11) is 0. The van der Waals surface area contributed by atoms with E-state index >= 15 is 0 Å². The molecule has 0 radical (unpaired) electrons. The molecule has 0 aliphatic carbocycles. The SMILES string of the molecule is O=C(Nc1cccc(C(F)(F)F)c1)c1ccc(COc2ccc(F)cc2)o1. The molecule has 0 atom stereocenters. The second kappa shape index (κ2) is 7.53. The Morgan fingerprint density at radius 3 is 2.48 bits per heavy atom. The number of rotatable bonds is 5. The van der Waals surface area contributed by atoms with Crippen LogP contribution < -0.4 is 10.1 Å². The van der Waals surface area contributed by atoms with Crippen LogP contribution in [0.2, 0.25) is 0 Å². The van der Waals surface area contributed by atoms with Gasteiger partial charge in [-0.15, -0.1) is 0 Å². The first-order valence-electron chi connectivity index (χ1n) is 7.77. The fourth-order valence-electron chi connectivity index (χ4n) is 2.23. The fourth-order valence-corrected chi connectivity index (χ4v) is 2.23. The summed E-state index contributed by atoms with van der Waals surface area (Å²) in [5.74, 6) is -0.419. The third-order valence-electron chi connectivity index (χ3n) is 3.53. The maximum absolute atomic E-state index is 12.8. The van der Waals surface area contributed by atoms with Gasteiger partial charge in [-0.25, -0.2) is 4.39 Å². The van der Waals surface area contributed by atoms with E-state index < -0.39 is 23.5 Å². The molecule has 2 aromatic carbocycles. The van der Waals surface area contributed by atoms with Crippen molar-refractivity contribution in [3.8, 4) is 5.75 Å². The number of anilines is 1. The Hall–Kier alpha value is -3.29. The van der Waals surface area contributed by atoms with Gasteiger partial charge in [-0.05, 0) is 54.6 Å². The highest BCUT2D eigenvalue weighted by Crippen LogP contribution is 2.30. The van der Waals surface area contributed by atoms with Crippen LogP contribution in [0.3, 0.4) is 0 Å². The Morgan fingerprint density at radius 2 is 1.78 bits per heavy atom. The Kier molecular flexibility index (Phi) is 5.16. The maximum atomic E-state index is 12.8. The number of nitrogens with one attached hydrogen (secondary N) is 1. The Labute approximate surface area is 151 Å². The summed E-state index contributed by atoms with van der Waals surface area (Å²) in [6.45, 7) is 0.00245. The third kappa shape index (κ3) is 4.87. The molecule has 0 fully saturated rings. The monoisotopic (exact) mass is 379 g/mol. The van der Waals surface area contributed by atoms with Gasteiger partial charge in [0.1, 0.15) is 23.9 Å². The van der Waals surface area contributed by atoms with Crippen molar-refractivity contribution >= 4 is 11.6 Å². The maximum Gasteiger partial charge on any atom is 0.416 e. The summed E-state index contributed by atoms with van der Waals surface area (Å²) in [5.41, 5.74) is -0.872. The minimum atomic E-state index is -4.50. The summed E-state index contributed by atoms with van der Waals surface area (Å²) in [4.78, 5) is 12.1. The predicted octanol–water partition coefficient (Wildman–Crippen LogP) is 5.27. The van der Waals surface area contributed by atoms with Crippen molar-refractivity contribution in [3.63, 3.8) is 0 Å². The summed E-state index contributed by atoms with van der Waals surface area (Å²) in [6, 6.07) is 12.5. The van der Waals surface area contributed by atoms with Crippen LogP contribution in [0.1, 0.15) is 21.9 Å². The third-order valence-corrected chi connectivity index (χ3v) is 3.53. The second-order valence-corrected chi connectivity index (χ2v) is 5.54. The van der Waals surface area contributed by atoms with Crippen LogP contribution in [0.5, 0.6) is 5.75 Å². The molecule has 0 spiro atoms. The number of hydrogen-bond donors (Lipinski definition) is 1. The van der Waals surface area contributed by atoms with Crippen LogP contribution in [0.15, 0.2) is 65.1 Å². The average molecular weight is 379 g/mol. The highest BCUT2D eigenvalue weighted by atomic mass is 19.4. The van der Waals surface area contributed by atoms with Gasteiger partial charge in [0.2, 0.25) is 0 Å². The van der Waals surface area contributed by atoms with E-state index in [-0.39, 0.29) is 18.1 Å². The largest absolute Gasteiger partial charge is 0.486 e. The molecular weight excluding hydrogens is 366 g/mol. The number of alkyl halides is 3. The van der Waals surface area contributed by atoms with Crippen molar-refractivity contribution in [1.29, 1.82) is 0 Å². The summed E-state index contributed by atoms with van der Waals surface area (Å²) in [5, 5.41) is 2.35. The molecule has 0 aliphatic heterocycles. The van der Waals surface area contributed by atoms with E-state index in [1.807, 2.05) is 0 Å². The lowest BCUT2D eigenvalue weighted by molar-refractivity contribution is -0.137. The number of carbonyl (C=O) groups is 1. The molecule has 27 heavy (non-hydrogen) atoms. The van der Waals surface area contributed by atoms with Crippen molar-refractivity contribution in [2.45, 2.75) is 12.8 Å². The molecule has 1 N–H and O–H groups in total. The average Bonchev–Trinajstić information content (AvgIpc) is 3.10. The molecule has 0 saturated carbocycles. The highest BCUT2D eigenvalue weighted by Gasteiger charge is 2.30. The number of carbonyl (C=O) groups excluding carboxylic acids is 1. The van der Waals surface area contributed by atoms with Gasteiger partial charge in [0.15, 0.2) is 5.76 Å². The Balaban J connectivity index is 1.62. The predicted molar refractivity (Wildman–Crippen MR) is 88.8 cm³/mol. The second-order valence-electron chi connectivity index (χ2n) is 5.54. The lowest BCUT2D eigenvalue weighted by Gasteiger charge is -2.09. The molecule has 4 nitrogen and oxygen atoms in total. The van der Waals surface area contributed by atoms with Gasteiger partial charge in [0, 0.05) is 5.69 Å². The van der Waals surface area contributed by atoms with Gasteiger partial charge in [0.05, 0.1) is 5.56 Å². The van der Waals surface area contributed by atoms with E-state index in [0.29, 0.717) is 11.5 Å². The number of amides is 1. The van der Waals surface area contributed by atoms with E-state index in [1.165, 1.54) is 48.5 Å². The molecule has 0 aliphatic rings. The van der Waals surface area contributed by atoms with E-state index in [0.717, 1.165) is 12.1 Å². The highest BCUT2D eigenvalue weighted by molar-refractivity contribution is 6.02. The van der Waals surface area contributed by atoms with Crippen LogP contribution in [0, 0.1) is 5.82 Å². The standard InChI is InChI=1S/C19H13F4NO3/c20-13-4-6-15(7-5-13)26-11-16-8-9-17(27-16)18(25)24-14-3-1-2-12(10-14)19(21,22)23/h1-10H,11H2,(H,24,25).